The Morgan fingerprint density at radius 3 is 2.75 bits per heavy atom. The van der Waals surface area contributed by atoms with Crippen LogP contribution in [0.4, 0.5) is 4.39 Å². The number of ether oxygens (including phenoxy) is 1. The number of rotatable bonds is 8. The molecule has 1 atom stereocenters. The average Bonchev–Trinajstić information content (AvgIpc) is 3.02. The molecule has 1 aromatic carbocycles. The second-order valence-corrected chi connectivity index (χ2v) is 7.88. The van der Waals surface area contributed by atoms with Crippen molar-refractivity contribution >= 4 is 21.9 Å². The minimum atomic E-state index is -0.319. The Balaban J connectivity index is 1.88. The summed E-state index contributed by atoms with van der Waals surface area (Å²) >= 11 is 3.36. The Morgan fingerprint density at radius 1 is 1.38 bits per heavy atom. The summed E-state index contributed by atoms with van der Waals surface area (Å²) in [5, 5.41) is 3.26. The molecule has 0 amide bonds. The molecule has 1 aliphatic carbocycles. The summed E-state index contributed by atoms with van der Waals surface area (Å²) in [4.78, 5) is 12.4. The van der Waals surface area contributed by atoms with Crippen LogP contribution in [-0.2, 0) is 16.0 Å². The maximum Gasteiger partial charge on any atom is 0.323 e. The van der Waals surface area contributed by atoms with Crippen LogP contribution in [0.15, 0.2) is 22.7 Å². The van der Waals surface area contributed by atoms with Gasteiger partial charge in [0.1, 0.15) is 18.0 Å². The van der Waals surface area contributed by atoms with Gasteiger partial charge in [-0.2, -0.15) is 0 Å². The second-order valence-electron chi connectivity index (χ2n) is 6.97. The largest absolute Gasteiger partial charge is 0.461 e. The van der Waals surface area contributed by atoms with Crippen LogP contribution in [0.25, 0.3) is 0 Å². The molecule has 0 aliphatic heterocycles. The number of halogens is 2. The van der Waals surface area contributed by atoms with Crippen molar-refractivity contribution in [3.63, 3.8) is 0 Å². The van der Waals surface area contributed by atoms with E-state index in [0.29, 0.717) is 24.4 Å². The maximum atomic E-state index is 13.8. The molecule has 1 fully saturated rings. The summed E-state index contributed by atoms with van der Waals surface area (Å²) in [7, 11) is 0. The van der Waals surface area contributed by atoms with Crippen LogP contribution in [0.5, 0.6) is 0 Å². The third-order valence-electron chi connectivity index (χ3n) is 4.37. The Bertz CT molecular complexity index is 544. The number of benzene rings is 1. The molecule has 0 aromatic heterocycles. The van der Waals surface area contributed by atoms with E-state index < -0.39 is 0 Å². The fourth-order valence-electron chi connectivity index (χ4n) is 3.10. The molecule has 5 heteroatoms. The van der Waals surface area contributed by atoms with E-state index in [-0.39, 0.29) is 23.9 Å². The predicted molar refractivity (Wildman–Crippen MR) is 97.4 cm³/mol. The molecule has 0 bridgehead atoms. The van der Waals surface area contributed by atoms with E-state index in [4.69, 9.17) is 4.74 Å². The highest BCUT2D eigenvalue weighted by Crippen LogP contribution is 2.22. The van der Waals surface area contributed by atoms with Crippen LogP contribution in [-0.4, -0.2) is 24.7 Å². The summed E-state index contributed by atoms with van der Waals surface area (Å²) in [6.07, 6.45) is 5.58. The highest BCUT2D eigenvalue weighted by atomic mass is 79.9. The van der Waals surface area contributed by atoms with Crippen molar-refractivity contribution in [2.24, 2.45) is 5.92 Å². The van der Waals surface area contributed by atoms with Gasteiger partial charge in [0.05, 0.1) is 0 Å². The van der Waals surface area contributed by atoms with Gasteiger partial charge in [-0.25, -0.2) is 4.39 Å². The topological polar surface area (TPSA) is 38.3 Å². The molecule has 134 valence electrons. The smallest absolute Gasteiger partial charge is 0.323 e. The molecule has 1 aromatic rings. The monoisotopic (exact) mass is 399 g/mol. The van der Waals surface area contributed by atoms with Gasteiger partial charge in [0, 0.05) is 11.0 Å². The lowest BCUT2D eigenvalue weighted by atomic mass is 10.0. The summed E-state index contributed by atoms with van der Waals surface area (Å²) in [5.41, 5.74) is 0.643. The van der Waals surface area contributed by atoms with Crippen LogP contribution < -0.4 is 5.32 Å². The first-order valence-corrected chi connectivity index (χ1v) is 9.63. The van der Waals surface area contributed by atoms with Crippen molar-refractivity contribution in [1.29, 1.82) is 0 Å². The molecule has 0 saturated heterocycles. The van der Waals surface area contributed by atoms with Crippen LogP contribution in [0, 0.1) is 11.7 Å². The molecule has 1 N–H and O–H groups in total. The number of esters is 1. The van der Waals surface area contributed by atoms with E-state index in [1.54, 1.807) is 12.1 Å². The van der Waals surface area contributed by atoms with Crippen LogP contribution in [0.3, 0.4) is 0 Å². The van der Waals surface area contributed by atoms with Gasteiger partial charge >= 0.3 is 5.97 Å². The third-order valence-corrected chi connectivity index (χ3v) is 4.86. The maximum absolute atomic E-state index is 13.8. The zero-order valence-corrected chi connectivity index (χ0v) is 16.1. The summed E-state index contributed by atoms with van der Waals surface area (Å²) in [6.45, 7) is 4.72. The van der Waals surface area contributed by atoms with Gasteiger partial charge in [-0.15, -0.1) is 0 Å². The highest BCUT2D eigenvalue weighted by Gasteiger charge is 2.25. The van der Waals surface area contributed by atoms with E-state index >= 15 is 0 Å². The molecular weight excluding hydrogens is 373 g/mol. The Labute approximate surface area is 152 Å². The highest BCUT2D eigenvalue weighted by molar-refractivity contribution is 9.10. The van der Waals surface area contributed by atoms with Crippen molar-refractivity contribution in [2.75, 3.05) is 6.54 Å². The van der Waals surface area contributed by atoms with Gasteiger partial charge in [0.2, 0.25) is 0 Å². The molecule has 0 spiro atoms. The van der Waals surface area contributed by atoms with Gasteiger partial charge in [0.15, 0.2) is 0 Å². The van der Waals surface area contributed by atoms with Crippen molar-refractivity contribution in [3.8, 4) is 0 Å². The van der Waals surface area contributed by atoms with Crippen LogP contribution in [0.2, 0.25) is 0 Å². The standard InChI is InChI=1S/C19H27BrFNO2/c1-13(2)11-18(19(23)24-16-5-3-4-6-16)22-10-9-14-12-15(20)7-8-17(14)21/h7-8,12-13,16,18,22H,3-6,9-11H2,1-2H3/t18-/m1/s1. The summed E-state index contributed by atoms with van der Waals surface area (Å²) in [6, 6.07) is 4.61. The van der Waals surface area contributed by atoms with Gasteiger partial charge in [-0.05, 0) is 68.2 Å². The normalized spacial score (nSPS) is 16.5. The number of carbonyl (C=O) groups excluding carboxylic acids is 1. The zero-order valence-electron chi connectivity index (χ0n) is 14.5. The molecule has 0 heterocycles. The molecule has 0 radical (unpaired) electrons. The second kappa shape index (κ2) is 9.52. The Morgan fingerprint density at radius 2 is 2.08 bits per heavy atom. The fourth-order valence-corrected chi connectivity index (χ4v) is 3.51. The quantitative estimate of drug-likeness (QED) is 0.648. The first kappa shape index (κ1) is 19.4. The van der Waals surface area contributed by atoms with Crippen molar-refractivity contribution in [3.05, 3.63) is 34.1 Å². The van der Waals surface area contributed by atoms with E-state index in [0.717, 1.165) is 36.6 Å². The zero-order chi connectivity index (χ0) is 17.5. The minimum absolute atomic E-state index is 0.0801. The number of carbonyl (C=O) groups is 1. The molecule has 3 nitrogen and oxygen atoms in total. The summed E-state index contributed by atoms with van der Waals surface area (Å²) < 4.78 is 20.3. The summed E-state index contributed by atoms with van der Waals surface area (Å²) in [5.74, 6) is 0.0143. The van der Waals surface area contributed by atoms with Gasteiger partial charge in [-0.1, -0.05) is 29.8 Å². The van der Waals surface area contributed by atoms with Crippen molar-refractivity contribution in [2.45, 2.75) is 64.5 Å². The van der Waals surface area contributed by atoms with Crippen LogP contribution >= 0.6 is 15.9 Å². The van der Waals surface area contributed by atoms with E-state index in [2.05, 4.69) is 35.1 Å². The Hall–Kier alpha value is -0.940. The van der Waals surface area contributed by atoms with Gasteiger partial charge in [-0.3, -0.25) is 4.79 Å². The molecule has 2 rings (SSSR count). The first-order valence-electron chi connectivity index (χ1n) is 8.83. The van der Waals surface area contributed by atoms with E-state index in [1.165, 1.54) is 6.07 Å². The SMILES string of the molecule is CC(C)C[C@@H](NCCc1cc(Br)ccc1F)C(=O)OC1CCCC1. The lowest BCUT2D eigenvalue weighted by Crippen LogP contribution is -2.41. The van der Waals surface area contributed by atoms with Gasteiger partial charge in [0.25, 0.3) is 0 Å². The predicted octanol–water partition coefficient (Wildman–Crippen LogP) is 4.62. The van der Waals surface area contributed by atoms with Crippen molar-refractivity contribution in [1.82, 2.24) is 5.32 Å². The molecular formula is C19H27BrFNO2. The molecule has 0 unspecified atom stereocenters. The third kappa shape index (κ3) is 6.17. The average molecular weight is 400 g/mol. The minimum Gasteiger partial charge on any atom is -0.461 e. The van der Waals surface area contributed by atoms with Gasteiger partial charge < -0.3 is 10.1 Å². The first-order chi connectivity index (χ1) is 11.5. The van der Waals surface area contributed by atoms with Crippen LogP contribution in [0.1, 0.15) is 51.5 Å². The number of nitrogens with one attached hydrogen (secondary N) is 1. The molecule has 1 saturated carbocycles. The Kier molecular flexibility index (Phi) is 7.69. The number of hydrogen-bond acceptors (Lipinski definition) is 3. The molecule has 1 aliphatic rings. The van der Waals surface area contributed by atoms with Crippen molar-refractivity contribution < 1.29 is 13.9 Å². The van der Waals surface area contributed by atoms with E-state index in [9.17, 15) is 9.18 Å². The lowest BCUT2D eigenvalue weighted by molar-refractivity contribution is -0.151. The number of hydrogen-bond donors (Lipinski definition) is 1. The molecule has 24 heavy (non-hydrogen) atoms. The van der Waals surface area contributed by atoms with E-state index in [1.807, 2.05) is 0 Å². The fraction of sp³-hybridized carbons (Fsp3) is 0.632. The lowest BCUT2D eigenvalue weighted by Gasteiger charge is -2.21.